The van der Waals surface area contributed by atoms with Gasteiger partial charge in [-0.05, 0) is 30.7 Å². The zero-order valence-corrected chi connectivity index (χ0v) is 5.93. The Balaban J connectivity index is 3.20. The minimum absolute atomic E-state index is 0.0337. The first-order valence-electron chi connectivity index (χ1n) is 3.09. The smallest absolute Gasteiger partial charge is 0.123 e. The number of carboxylic acids is 1. The number of aryl methyl sites for hydroxylation is 1. The van der Waals surface area contributed by atoms with Crippen LogP contribution in [-0.4, -0.2) is 5.97 Å². The van der Waals surface area contributed by atoms with E-state index in [4.69, 9.17) is 0 Å². The van der Waals surface area contributed by atoms with Crippen molar-refractivity contribution < 1.29 is 14.3 Å². The maximum atomic E-state index is 12.4. The van der Waals surface area contributed by atoms with Gasteiger partial charge in [0.1, 0.15) is 5.82 Å². The van der Waals surface area contributed by atoms with E-state index >= 15 is 0 Å². The molecular formula is C8H6FO2-. The number of hydrogen-bond donors (Lipinski definition) is 0. The van der Waals surface area contributed by atoms with Crippen molar-refractivity contribution in [2.75, 3.05) is 0 Å². The van der Waals surface area contributed by atoms with Gasteiger partial charge in [0.15, 0.2) is 0 Å². The second-order valence-electron chi connectivity index (χ2n) is 2.25. The number of halogens is 1. The molecule has 0 fully saturated rings. The first kappa shape index (κ1) is 7.72. The summed E-state index contributed by atoms with van der Waals surface area (Å²) in [6.45, 7) is 1.52. The van der Waals surface area contributed by atoms with Crippen LogP contribution in [0.5, 0.6) is 0 Å². The van der Waals surface area contributed by atoms with Gasteiger partial charge in [-0.15, -0.1) is 0 Å². The molecule has 0 atom stereocenters. The molecule has 0 radical (unpaired) electrons. The second-order valence-corrected chi connectivity index (χ2v) is 2.25. The minimum Gasteiger partial charge on any atom is -0.545 e. The summed E-state index contributed by atoms with van der Waals surface area (Å²) in [7, 11) is 0. The average molecular weight is 153 g/mol. The number of aromatic carboxylic acids is 1. The highest BCUT2D eigenvalue weighted by Crippen LogP contribution is 2.08. The van der Waals surface area contributed by atoms with Gasteiger partial charge >= 0.3 is 0 Å². The molecular weight excluding hydrogens is 147 g/mol. The Morgan fingerprint density at radius 2 is 2.18 bits per heavy atom. The lowest BCUT2D eigenvalue weighted by Crippen LogP contribution is -2.23. The predicted molar refractivity (Wildman–Crippen MR) is 35.5 cm³/mol. The van der Waals surface area contributed by atoms with Gasteiger partial charge in [-0.1, -0.05) is 0 Å². The summed E-state index contributed by atoms with van der Waals surface area (Å²) in [6.07, 6.45) is 0. The molecule has 3 heteroatoms. The van der Waals surface area contributed by atoms with Crippen molar-refractivity contribution in [2.24, 2.45) is 0 Å². The van der Waals surface area contributed by atoms with E-state index in [-0.39, 0.29) is 5.56 Å². The topological polar surface area (TPSA) is 40.1 Å². The Labute approximate surface area is 63.3 Å². The van der Waals surface area contributed by atoms with Crippen LogP contribution in [0.25, 0.3) is 0 Å². The maximum Gasteiger partial charge on any atom is 0.123 e. The van der Waals surface area contributed by atoms with Crippen LogP contribution in [0.4, 0.5) is 4.39 Å². The fourth-order valence-corrected chi connectivity index (χ4v) is 0.856. The molecule has 0 aliphatic heterocycles. The number of carbonyl (C=O) groups is 1. The highest BCUT2D eigenvalue weighted by molar-refractivity contribution is 5.87. The molecule has 0 saturated heterocycles. The summed E-state index contributed by atoms with van der Waals surface area (Å²) in [5.41, 5.74) is 0.413. The van der Waals surface area contributed by atoms with Crippen LogP contribution in [0.2, 0.25) is 0 Å². The molecule has 1 aromatic rings. The van der Waals surface area contributed by atoms with E-state index in [1.54, 1.807) is 0 Å². The van der Waals surface area contributed by atoms with Gasteiger partial charge in [-0.25, -0.2) is 4.39 Å². The Morgan fingerprint density at radius 1 is 1.55 bits per heavy atom. The van der Waals surface area contributed by atoms with Gasteiger partial charge < -0.3 is 9.90 Å². The van der Waals surface area contributed by atoms with E-state index in [0.717, 1.165) is 12.1 Å². The standard InChI is InChI=1S/C8H7FO2/c1-5-4-6(9)2-3-7(5)8(10)11/h2-4H,1H3,(H,10,11)/p-1. The third kappa shape index (κ3) is 1.55. The van der Waals surface area contributed by atoms with Crippen LogP contribution >= 0.6 is 0 Å². The lowest BCUT2D eigenvalue weighted by molar-refractivity contribution is -0.255. The molecule has 0 saturated carbocycles. The fourth-order valence-electron chi connectivity index (χ4n) is 0.856. The summed E-state index contributed by atoms with van der Waals surface area (Å²) >= 11 is 0. The van der Waals surface area contributed by atoms with Crippen LogP contribution in [0.15, 0.2) is 18.2 Å². The van der Waals surface area contributed by atoms with Gasteiger partial charge in [0.05, 0.1) is 5.97 Å². The average Bonchev–Trinajstić information content (AvgIpc) is 1.85. The number of hydrogen-bond acceptors (Lipinski definition) is 2. The van der Waals surface area contributed by atoms with Crippen molar-refractivity contribution in [3.63, 3.8) is 0 Å². The monoisotopic (exact) mass is 153 g/mol. The van der Waals surface area contributed by atoms with Crippen LogP contribution in [0.1, 0.15) is 15.9 Å². The van der Waals surface area contributed by atoms with Gasteiger partial charge in [-0.3, -0.25) is 0 Å². The fraction of sp³-hybridized carbons (Fsp3) is 0.125. The summed E-state index contributed by atoms with van der Waals surface area (Å²) in [5, 5.41) is 10.3. The first-order chi connectivity index (χ1) is 5.11. The molecule has 1 aromatic carbocycles. The van der Waals surface area contributed by atoms with E-state index in [1.165, 1.54) is 13.0 Å². The van der Waals surface area contributed by atoms with Gasteiger partial charge in [0, 0.05) is 5.56 Å². The maximum absolute atomic E-state index is 12.4. The van der Waals surface area contributed by atoms with E-state index < -0.39 is 11.8 Å². The van der Waals surface area contributed by atoms with Gasteiger partial charge in [0.2, 0.25) is 0 Å². The van der Waals surface area contributed by atoms with Crippen molar-refractivity contribution in [2.45, 2.75) is 6.92 Å². The molecule has 11 heavy (non-hydrogen) atoms. The molecule has 0 spiro atoms. The highest BCUT2D eigenvalue weighted by Gasteiger charge is 1.98. The molecule has 0 aliphatic rings. The van der Waals surface area contributed by atoms with Crippen LogP contribution in [-0.2, 0) is 0 Å². The number of benzene rings is 1. The molecule has 0 unspecified atom stereocenters. The van der Waals surface area contributed by atoms with E-state index in [0.29, 0.717) is 5.56 Å². The second kappa shape index (κ2) is 2.70. The molecule has 0 aromatic heterocycles. The van der Waals surface area contributed by atoms with Gasteiger partial charge in [0.25, 0.3) is 0 Å². The van der Waals surface area contributed by atoms with E-state index in [1.807, 2.05) is 0 Å². The van der Waals surface area contributed by atoms with E-state index in [2.05, 4.69) is 0 Å². The quantitative estimate of drug-likeness (QED) is 0.589. The van der Waals surface area contributed by atoms with Gasteiger partial charge in [-0.2, -0.15) is 0 Å². The number of carbonyl (C=O) groups excluding carboxylic acids is 1. The van der Waals surface area contributed by atoms with Crippen molar-refractivity contribution in [1.29, 1.82) is 0 Å². The Kier molecular flexibility index (Phi) is 1.89. The molecule has 0 bridgehead atoms. The molecule has 1 rings (SSSR count). The van der Waals surface area contributed by atoms with Crippen LogP contribution in [0.3, 0.4) is 0 Å². The molecule has 0 amide bonds. The zero-order chi connectivity index (χ0) is 8.43. The van der Waals surface area contributed by atoms with Crippen molar-refractivity contribution in [1.82, 2.24) is 0 Å². The normalized spacial score (nSPS) is 9.64. The van der Waals surface area contributed by atoms with Crippen LogP contribution < -0.4 is 5.11 Å². The Morgan fingerprint density at radius 3 is 2.64 bits per heavy atom. The largest absolute Gasteiger partial charge is 0.545 e. The number of rotatable bonds is 1. The van der Waals surface area contributed by atoms with Crippen molar-refractivity contribution >= 4 is 5.97 Å². The van der Waals surface area contributed by atoms with Crippen molar-refractivity contribution in [3.05, 3.63) is 35.1 Å². The predicted octanol–water partition coefficient (Wildman–Crippen LogP) is 0.498. The molecule has 2 nitrogen and oxygen atoms in total. The molecule has 0 N–H and O–H groups in total. The summed E-state index contributed by atoms with van der Waals surface area (Å²) in [4.78, 5) is 10.3. The summed E-state index contributed by atoms with van der Waals surface area (Å²) < 4.78 is 12.4. The number of carboxylic acid groups (broad SMARTS) is 1. The van der Waals surface area contributed by atoms with E-state index in [9.17, 15) is 14.3 Å². The van der Waals surface area contributed by atoms with Crippen LogP contribution in [0, 0.1) is 12.7 Å². The third-order valence-electron chi connectivity index (χ3n) is 1.41. The molecule has 0 heterocycles. The lowest BCUT2D eigenvalue weighted by atomic mass is 10.1. The third-order valence-corrected chi connectivity index (χ3v) is 1.41. The Bertz CT molecular complexity index is 294. The zero-order valence-electron chi connectivity index (χ0n) is 5.93. The van der Waals surface area contributed by atoms with Crippen molar-refractivity contribution in [3.8, 4) is 0 Å². The summed E-state index contributed by atoms with van der Waals surface area (Å²) in [6, 6.07) is 3.45. The first-order valence-corrected chi connectivity index (χ1v) is 3.09. The SMILES string of the molecule is Cc1cc(F)ccc1C(=O)[O-]. The summed E-state index contributed by atoms with van der Waals surface area (Å²) in [5.74, 6) is -1.71. The molecule has 58 valence electrons. The highest BCUT2D eigenvalue weighted by atomic mass is 19.1. The minimum atomic E-state index is -1.28. The molecule has 0 aliphatic carbocycles. The lowest BCUT2D eigenvalue weighted by Gasteiger charge is -2.04. The Hall–Kier alpha value is -1.38.